The van der Waals surface area contributed by atoms with Gasteiger partial charge in [-0.3, -0.25) is 9.59 Å². The van der Waals surface area contributed by atoms with Gasteiger partial charge in [-0.15, -0.1) is 0 Å². The number of rotatable bonds is 4. The average Bonchev–Trinajstić information content (AvgIpc) is 2.28. The lowest BCUT2D eigenvalue weighted by atomic mass is 10.2. The van der Waals surface area contributed by atoms with E-state index >= 15 is 0 Å². The number of carbonyl (C=O) groups excluding carboxylic acids is 2. The van der Waals surface area contributed by atoms with Crippen LogP contribution in [0.5, 0.6) is 5.75 Å². The molecule has 4 nitrogen and oxygen atoms in total. The van der Waals surface area contributed by atoms with Gasteiger partial charge in [0.25, 0.3) is 0 Å². The van der Waals surface area contributed by atoms with E-state index in [0.29, 0.717) is 5.56 Å². The summed E-state index contributed by atoms with van der Waals surface area (Å²) in [6.45, 7) is 4.62. The number of hydrogen-bond donors (Lipinski definition) is 0. The van der Waals surface area contributed by atoms with Crippen LogP contribution in [0.25, 0.3) is 0 Å². The van der Waals surface area contributed by atoms with Crippen LogP contribution in [0.1, 0.15) is 26.3 Å². The summed E-state index contributed by atoms with van der Waals surface area (Å²) in [6, 6.07) is 4.04. The van der Waals surface area contributed by atoms with Crippen LogP contribution in [0.3, 0.4) is 0 Å². The lowest BCUT2D eigenvalue weighted by Crippen LogP contribution is -2.11. The Morgan fingerprint density at radius 3 is 2.50 bits per heavy atom. The zero-order valence-corrected chi connectivity index (χ0v) is 10.5. The van der Waals surface area contributed by atoms with E-state index in [0.717, 1.165) is 0 Å². The number of carbonyl (C=O) groups is 2. The van der Waals surface area contributed by atoms with Gasteiger partial charge in [0.1, 0.15) is 6.61 Å². The van der Waals surface area contributed by atoms with Crippen molar-refractivity contribution in [2.45, 2.75) is 27.4 Å². The zero-order valence-electron chi connectivity index (χ0n) is 10.5. The number of benzene rings is 1. The first-order valence-corrected chi connectivity index (χ1v) is 5.53. The number of halogens is 1. The summed E-state index contributed by atoms with van der Waals surface area (Å²) < 4.78 is 23.1. The molecule has 1 aromatic rings. The summed E-state index contributed by atoms with van der Waals surface area (Å²) in [5, 5.41) is 0. The molecule has 0 bridgehead atoms. The Hall–Kier alpha value is -1.91. The predicted octanol–water partition coefficient (Wildman–Crippen LogP) is 2.45. The molecule has 0 aromatic heterocycles. The van der Waals surface area contributed by atoms with E-state index in [1.807, 2.05) is 0 Å². The van der Waals surface area contributed by atoms with Crippen LogP contribution in [0, 0.1) is 11.7 Å². The molecule has 98 valence electrons. The van der Waals surface area contributed by atoms with Crippen LogP contribution in [-0.2, 0) is 20.9 Å². The minimum atomic E-state index is -0.664. The molecule has 0 saturated heterocycles. The minimum absolute atomic E-state index is 0.00567. The number of esters is 2. The molecule has 1 rings (SSSR count). The highest BCUT2D eigenvalue weighted by atomic mass is 19.1. The van der Waals surface area contributed by atoms with Gasteiger partial charge in [0.2, 0.25) is 0 Å². The van der Waals surface area contributed by atoms with Crippen molar-refractivity contribution in [3.8, 4) is 5.75 Å². The second-order valence-corrected chi connectivity index (χ2v) is 4.12. The molecule has 1 aromatic carbocycles. The molecule has 0 fully saturated rings. The molecule has 0 heterocycles. The van der Waals surface area contributed by atoms with Gasteiger partial charge in [-0.2, -0.15) is 0 Å². The van der Waals surface area contributed by atoms with Crippen molar-refractivity contribution in [3.63, 3.8) is 0 Å². The Bertz CT molecular complexity index is 454. The van der Waals surface area contributed by atoms with Crippen molar-refractivity contribution in [3.05, 3.63) is 29.6 Å². The Balaban J connectivity index is 2.67. The van der Waals surface area contributed by atoms with Crippen molar-refractivity contribution in [1.82, 2.24) is 0 Å². The third-order valence-corrected chi connectivity index (χ3v) is 2.10. The molecule has 0 saturated carbocycles. The van der Waals surface area contributed by atoms with Crippen molar-refractivity contribution >= 4 is 11.9 Å². The molecule has 0 radical (unpaired) electrons. The van der Waals surface area contributed by atoms with Gasteiger partial charge >= 0.3 is 11.9 Å². The fraction of sp³-hybridized carbons (Fsp3) is 0.385. The van der Waals surface area contributed by atoms with E-state index in [4.69, 9.17) is 4.74 Å². The van der Waals surface area contributed by atoms with Crippen LogP contribution in [0.2, 0.25) is 0 Å². The third kappa shape index (κ3) is 4.16. The maximum Gasteiger partial charge on any atom is 0.308 e. The van der Waals surface area contributed by atoms with Gasteiger partial charge in [0.05, 0.1) is 5.92 Å². The molecular weight excluding hydrogens is 239 g/mol. The highest BCUT2D eigenvalue weighted by Gasteiger charge is 2.10. The van der Waals surface area contributed by atoms with Crippen molar-refractivity contribution in [1.29, 1.82) is 0 Å². The molecule has 0 amide bonds. The summed E-state index contributed by atoms with van der Waals surface area (Å²) in [4.78, 5) is 21.9. The molecule has 0 spiro atoms. The monoisotopic (exact) mass is 254 g/mol. The second-order valence-electron chi connectivity index (χ2n) is 4.12. The van der Waals surface area contributed by atoms with E-state index in [-0.39, 0.29) is 24.2 Å². The van der Waals surface area contributed by atoms with Crippen LogP contribution < -0.4 is 4.74 Å². The summed E-state index contributed by atoms with van der Waals surface area (Å²) >= 11 is 0. The number of ether oxygens (including phenoxy) is 2. The van der Waals surface area contributed by atoms with Gasteiger partial charge in [-0.05, 0) is 17.7 Å². The Morgan fingerprint density at radius 1 is 1.33 bits per heavy atom. The van der Waals surface area contributed by atoms with E-state index in [9.17, 15) is 14.0 Å². The quantitative estimate of drug-likeness (QED) is 0.611. The smallest absolute Gasteiger partial charge is 0.308 e. The fourth-order valence-electron chi connectivity index (χ4n) is 1.19. The molecule has 0 aliphatic heterocycles. The molecule has 0 aliphatic rings. The molecule has 5 heteroatoms. The first kappa shape index (κ1) is 14.2. The van der Waals surface area contributed by atoms with Crippen molar-refractivity contribution in [2.75, 3.05) is 0 Å². The molecule has 0 aliphatic carbocycles. The van der Waals surface area contributed by atoms with Gasteiger partial charge in [0, 0.05) is 6.92 Å². The van der Waals surface area contributed by atoms with E-state index in [1.54, 1.807) is 13.8 Å². The topological polar surface area (TPSA) is 52.6 Å². The van der Waals surface area contributed by atoms with Gasteiger partial charge < -0.3 is 9.47 Å². The Morgan fingerprint density at radius 2 is 2.00 bits per heavy atom. The zero-order chi connectivity index (χ0) is 13.7. The summed E-state index contributed by atoms with van der Waals surface area (Å²) in [7, 11) is 0. The maximum atomic E-state index is 13.5. The minimum Gasteiger partial charge on any atom is -0.461 e. The van der Waals surface area contributed by atoms with Crippen molar-refractivity contribution in [2.24, 2.45) is 5.92 Å². The maximum absolute atomic E-state index is 13.5. The molecular formula is C13H15FO4. The Kier molecular flexibility index (Phi) is 4.83. The SMILES string of the molecule is CC(=O)Oc1ccc(COC(=O)C(C)C)cc1F. The third-order valence-electron chi connectivity index (χ3n) is 2.10. The second kappa shape index (κ2) is 6.14. The lowest BCUT2D eigenvalue weighted by molar-refractivity contribution is -0.148. The predicted molar refractivity (Wildman–Crippen MR) is 62.3 cm³/mol. The summed E-state index contributed by atoms with van der Waals surface area (Å²) in [6.07, 6.45) is 0. The van der Waals surface area contributed by atoms with Crippen LogP contribution in [0.4, 0.5) is 4.39 Å². The fourth-order valence-corrected chi connectivity index (χ4v) is 1.19. The standard InChI is InChI=1S/C13H15FO4/c1-8(2)13(16)17-7-10-4-5-12(11(14)6-10)18-9(3)15/h4-6,8H,7H2,1-3H3. The largest absolute Gasteiger partial charge is 0.461 e. The molecule has 0 N–H and O–H groups in total. The van der Waals surface area contributed by atoms with Crippen LogP contribution in [0.15, 0.2) is 18.2 Å². The van der Waals surface area contributed by atoms with E-state index < -0.39 is 11.8 Å². The summed E-state index contributed by atoms with van der Waals surface area (Å²) in [5.41, 5.74) is 0.498. The van der Waals surface area contributed by atoms with E-state index in [2.05, 4.69) is 4.74 Å². The normalized spacial score (nSPS) is 10.3. The Labute approximate surface area is 105 Å². The molecule has 0 unspecified atom stereocenters. The van der Waals surface area contributed by atoms with Gasteiger partial charge in [0.15, 0.2) is 11.6 Å². The first-order valence-electron chi connectivity index (χ1n) is 5.53. The molecule has 18 heavy (non-hydrogen) atoms. The van der Waals surface area contributed by atoms with Crippen LogP contribution >= 0.6 is 0 Å². The lowest BCUT2D eigenvalue weighted by Gasteiger charge is -2.08. The van der Waals surface area contributed by atoms with E-state index in [1.165, 1.54) is 25.1 Å². The molecule has 0 atom stereocenters. The highest BCUT2D eigenvalue weighted by molar-refractivity contribution is 5.71. The van der Waals surface area contributed by atoms with Crippen LogP contribution in [-0.4, -0.2) is 11.9 Å². The number of hydrogen-bond acceptors (Lipinski definition) is 4. The first-order chi connectivity index (χ1) is 8.40. The highest BCUT2D eigenvalue weighted by Crippen LogP contribution is 2.19. The van der Waals surface area contributed by atoms with Gasteiger partial charge in [-0.1, -0.05) is 19.9 Å². The van der Waals surface area contributed by atoms with Gasteiger partial charge in [-0.25, -0.2) is 4.39 Å². The average molecular weight is 254 g/mol. The summed E-state index contributed by atoms with van der Waals surface area (Å²) in [5.74, 6) is -1.97. The van der Waals surface area contributed by atoms with Crippen molar-refractivity contribution < 1.29 is 23.5 Å².